The highest BCUT2D eigenvalue weighted by Gasteiger charge is 2.14. The average Bonchev–Trinajstić information content (AvgIpc) is 2.16. The molecule has 1 aliphatic rings. The molecule has 1 aliphatic heterocycles. The second kappa shape index (κ2) is 6.72. The zero-order valence-corrected chi connectivity index (χ0v) is 10.8. The average molecular weight is 223 g/mol. The van der Waals surface area contributed by atoms with Crippen LogP contribution in [0.25, 0.3) is 0 Å². The van der Waals surface area contributed by atoms with Gasteiger partial charge in [-0.25, -0.2) is 0 Å². The van der Waals surface area contributed by atoms with E-state index in [-0.39, 0.29) is 11.7 Å². The Bertz CT molecular complexity index is 239. The predicted molar refractivity (Wildman–Crippen MR) is 68.3 cm³/mol. The number of allylic oxidation sites excluding steroid dienone is 1. The number of ketones is 1. The summed E-state index contributed by atoms with van der Waals surface area (Å²) in [6.07, 6.45) is 7.43. The summed E-state index contributed by atoms with van der Waals surface area (Å²) in [5, 5.41) is 0. The minimum atomic E-state index is 0.123. The third-order valence-corrected chi connectivity index (χ3v) is 3.54. The molecular weight excluding hydrogens is 198 g/mol. The van der Waals surface area contributed by atoms with Gasteiger partial charge >= 0.3 is 0 Å². The molecule has 1 rings (SSSR count). The van der Waals surface area contributed by atoms with Crippen molar-refractivity contribution in [1.29, 1.82) is 0 Å². The molecule has 1 fully saturated rings. The number of hydrogen-bond donors (Lipinski definition) is 0. The Hall–Kier alpha value is -0.790. The SMILES string of the molecule is C=C(C[C@H](C)C(C)=O)N1CCCCCCC1. The van der Waals surface area contributed by atoms with Crippen LogP contribution >= 0.6 is 0 Å². The number of likely N-dealkylation sites (tertiary alicyclic amines) is 1. The standard InChI is InChI=1S/C14H25NO/c1-12(14(3)16)11-13(2)15-9-7-5-4-6-8-10-15/h12H,2,4-11H2,1,3H3/t12-/m0/s1. The molecule has 2 heteroatoms. The number of Topliss-reactive ketones (excluding diaryl/α,β-unsaturated/α-hetero) is 1. The van der Waals surface area contributed by atoms with Crippen LogP contribution in [0.5, 0.6) is 0 Å². The third kappa shape index (κ3) is 4.38. The Labute approximate surface area is 99.7 Å². The van der Waals surface area contributed by atoms with Crippen molar-refractivity contribution >= 4 is 5.78 Å². The lowest BCUT2D eigenvalue weighted by Gasteiger charge is -2.29. The maximum atomic E-state index is 11.2. The first kappa shape index (κ1) is 13.3. The summed E-state index contributed by atoms with van der Waals surface area (Å²) >= 11 is 0. The second-order valence-corrected chi connectivity index (χ2v) is 5.04. The molecule has 1 atom stereocenters. The summed E-state index contributed by atoms with van der Waals surface area (Å²) in [6.45, 7) is 10.1. The third-order valence-electron chi connectivity index (χ3n) is 3.54. The van der Waals surface area contributed by atoms with Crippen molar-refractivity contribution in [3.8, 4) is 0 Å². The molecule has 2 nitrogen and oxygen atoms in total. The highest BCUT2D eigenvalue weighted by atomic mass is 16.1. The molecule has 92 valence electrons. The van der Waals surface area contributed by atoms with E-state index in [1.54, 1.807) is 6.92 Å². The van der Waals surface area contributed by atoms with E-state index in [1.807, 2.05) is 6.92 Å². The van der Waals surface area contributed by atoms with Gasteiger partial charge in [-0.1, -0.05) is 32.8 Å². The van der Waals surface area contributed by atoms with Gasteiger partial charge in [0.05, 0.1) is 0 Å². The number of carbonyl (C=O) groups excluding carboxylic acids is 1. The highest BCUT2D eigenvalue weighted by Crippen LogP contribution is 2.19. The molecule has 16 heavy (non-hydrogen) atoms. The summed E-state index contributed by atoms with van der Waals surface area (Å²) < 4.78 is 0. The number of rotatable bonds is 4. The molecule has 0 aromatic heterocycles. The van der Waals surface area contributed by atoms with Crippen molar-refractivity contribution in [2.24, 2.45) is 5.92 Å². The van der Waals surface area contributed by atoms with Crippen LogP contribution in [0, 0.1) is 5.92 Å². The first-order valence-corrected chi connectivity index (χ1v) is 6.54. The fourth-order valence-corrected chi connectivity index (χ4v) is 2.19. The van der Waals surface area contributed by atoms with Crippen LogP contribution in [-0.2, 0) is 4.79 Å². The van der Waals surface area contributed by atoms with Gasteiger partial charge in [0, 0.05) is 24.7 Å². The van der Waals surface area contributed by atoms with Gasteiger partial charge in [-0.15, -0.1) is 0 Å². The van der Waals surface area contributed by atoms with Crippen molar-refractivity contribution in [3.05, 3.63) is 12.3 Å². The van der Waals surface area contributed by atoms with E-state index in [9.17, 15) is 4.79 Å². The molecule has 0 aliphatic carbocycles. The first-order chi connectivity index (χ1) is 7.61. The van der Waals surface area contributed by atoms with Crippen LogP contribution in [-0.4, -0.2) is 23.8 Å². The predicted octanol–water partition coefficient (Wildman–Crippen LogP) is 3.38. The monoisotopic (exact) mass is 223 g/mol. The smallest absolute Gasteiger partial charge is 0.133 e. The van der Waals surface area contributed by atoms with Gasteiger partial charge in [0.25, 0.3) is 0 Å². The van der Waals surface area contributed by atoms with E-state index < -0.39 is 0 Å². The summed E-state index contributed by atoms with van der Waals surface area (Å²) in [5.74, 6) is 0.395. The molecule has 0 aromatic rings. The Morgan fingerprint density at radius 1 is 1.19 bits per heavy atom. The van der Waals surface area contributed by atoms with Gasteiger partial charge in [-0.3, -0.25) is 4.79 Å². The fourth-order valence-electron chi connectivity index (χ4n) is 2.19. The highest BCUT2D eigenvalue weighted by molar-refractivity contribution is 5.78. The van der Waals surface area contributed by atoms with Crippen LogP contribution in [0.2, 0.25) is 0 Å². The maximum Gasteiger partial charge on any atom is 0.133 e. The zero-order valence-electron chi connectivity index (χ0n) is 10.8. The van der Waals surface area contributed by atoms with E-state index in [0.717, 1.165) is 25.2 Å². The zero-order chi connectivity index (χ0) is 12.0. The van der Waals surface area contributed by atoms with E-state index in [2.05, 4.69) is 11.5 Å². The van der Waals surface area contributed by atoms with Gasteiger partial charge < -0.3 is 4.90 Å². The molecule has 0 radical (unpaired) electrons. The summed E-state index contributed by atoms with van der Waals surface area (Å²) in [7, 11) is 0. The number of carbonyl (C=O) groups is 1. The van der Waals surface area contributed by atoms with Crippen LogP contribution in [0.1, 0.15) is 52.4 Å². The quantitative estimate of drug-likeness (QED) is 0.728. The molecule has 0 aromatic carbocycles. The molecule has 0 unspecified atom stereocenters. The summed E-state index contributed by atoms with van der Waals surface area (Å²) in [4.78, 5) is 13.6. The minimum Gasteiger partial charge on any atom is -0.375 e. The van der Waals surface area contributed by atoms with Crippen molar-refractivity contribution in [2.75, 3.05) is 13.1 Å². The maximum absolute atomic E-state index is 11.2. The lowest BCUT2D eigenvalue weighted by Crippen LogP contribution is -2.27. The largest absolute Gasteiger partial charge is 0.375 e. The Balaban J connectivity index is 2.41. The summed E-state index contributed by atoms with van der Waals surface area (Å²) in [5.41, 5.74) is 1.16. The lowest BCUT2D eigenvalue weighted by atomic mass is 10.0. The Morgan fingerprint density at radius 3 is 2.19 bits per heavy atom. The molecule has 0 saturated carbocycles. The molecule has 1 saturated heterocycles. The fraction of sp³-hybridized carbons (Fsp3) is 0.786. The minimum absolute atomic E-state index is 0.123. The molecular formula is C14H25NO. The topological polar surface area (TPSA) is 20.3 Å². The number of hydrogen-bond acceptors (Lipinski definition) is 2. The molecule has 0 spiro atoms. The van der Waals surface area contributed by atoms with Crippen LogP contribution < -0.4 is 0 Å². The van der Waals surface area contributed by atoms with Gasteiger partial charge in [0.1, 0.15) is 5.78 Å². The lowest BCUT2D eigenvalue weighted by molar-refractivity contribution is -0.120. The van der Waals surface area contributed by atoms with Crippen LogP contribution in [0.4, 0.5) is 0 Å². The van der Waals surface area contributed by atoms with Gasteiger partial charge in [0.2, 0.25) is 0 Å². The van der Waals surface area contributed by atoms with Gasteiger partial charge in [0.15, 0.2) is 0 Å². The van der Waals surface area contributed by atoms with Gasteiger partial charge in [-0.2, -0.15) is 0 Å². The second-order valence-electron chi connectivity index (χ2n) is 5.04. The van der Waals surface area contributed by atoms with Crippen molar-refractivity contribution in [1.82, 2.24) is 4.90 Å². The molecule has 0 amide bonds. The van der Waals surface area contributed by atoms with Crippen LogP contribution in [0.3, 0.4) is 0 Å². The molecule has 0 N–H and O–H groups in total. The van der Waals surface area contributed by atoms with Crippen LogP contribution in [0.15, 0.2) is 12.3 Å². The molecule has 1 heterocycles. The van der Waals surface area contributed by atoms with Crippen molar-refractivity contribution < 1.29 is 4.79 Å². The Kier molecular flexibility index (Phi) is 5.58. The normalized spacial score (nSPS) is 19.8. The van der Waals surface area contributed by atoms with Crippen molar-refractivity contribution in [2.45, 2.75) is 52.4 Å². The Morgan fingerprint density at radius 2 is 1.69 bits per heavy atom. The summed E-state index contributed by atoms with van der Waals surface area (Å²) in [6, 6.07) is 0. The van der Waals surface area contributed by atoms with E-state index >= 15 is 0 Å². The van der Waals surface area contributed by atoms with Gasteiger partial charge in [-0.05, 0) is 26.2 Å². The van der Waals surface area contributed by atoms with Crippen molar-refractivity contribution in [3.63, 3.8) is 0 Å². The molecule has 0 bridgehead atoms. The van der Waals surface area contributed by atoms with E-state index in [1.165, 1.54) is 32.1 Å². The van der Waals surface area contributed by atoms with E-state index in [0.29, 0.717) is 0 Å². The first-order valence-electron chi connectivity index (χ1n) is 6.54. The number of nitrogens with zero attached hydrogens (tertiary/aromatic N) is 1. The van der Waals surface area contributed by atoms with E-state index in [4.69, 9.17) is 0 Å².